The molecule has 0 spiro atoms. The molecule has 0 aliphatic heterocycles. The summed E-state index contributed by atoms with van der Waals surface area (Å²) in [5.41, 5.74) is 1.16. The summed E-state index contributed by atoms with van der Waals surface area (Å²) in [5.74, 6) is 0.846. The summed E-state index contributed by atoms with van der Waals surface area (Å²) in [7, 11) is 0. The van der Waals surface area contributed by atoms with E-state index in [1.165, 1.54) is 6.33 Å². The SMILES string of the molecule is CC(NCc1cccnc1)c1ncn[nH]1. The van der Waals surface area contributed by atoms with Gasteiger partial charge in [0.05, 0.1) is 6.04 Å². The van der Waals surface area contributed by atoms with Gasteiger partial charge in [-0.25, -0.2) is 4.98 Å². The molecule has 0 bridgehead atoms. The van der Waals surface area contributed by atoms with Gasteiger partial charge >= 0.3 is 0 Å². The average molecular weight is 203 g/mol. The summed E-state index contributed by atoms with van der Waals surface area (Å²) in [4.78, 5) is 8.13. The van der Waals surface area contributed by atoms with Crippen LogP contribution in [0.4, 0.5) is 0 Å². The van der Waals surface area contributed by atoms with Crippen molar-refractivity contribution in [3.63, 3.8) is 0 Å². The highest BCUT2D eigenvalue weighted by atomic mass is 15.2. The molecule has 0 aliphatic carbocycles. The maximum atomic E-state index is 4.08. The Labute approximate surface area is 88.0 Å². The zero-order chi connectivity index (χ0) is 10.5. The van der Waals surface area contributed by atoms with Crippen LogP contribution in [0.25, 0.3) is 0 Å². The molecule has 0 aromatic carbocycles. The highest BCUT2D eigenvalue weighted by Crippen LogP contribution is 2.05. The van der Waals surface area contributed by atoms with E-state index in [-0.39, 0.29) is 6.04 Å². The monoisotopic (exact) mass is 203 g/mol. The Hall–Kier alpha value is -1.75. The van der Waals surface area contributed by atoms with Crippen molar-refractivity contribution in [2.45, 2.75) is 19.5 Å². The van der Waals surface area contributed by atoms with Crippen LogP contribution in [0.1, 0.15) is 24.4 Å². The second kappa shape index (κ2) is 4.65. The minimum Gasteiger partial charge on any atom is -0.303 e. The van der Waals surface area contributed by atoms with Crippen molar-refractivity contribution in [1.82, 2.24) is 25.5 Å². The van der Waals surface area contributed by atoms with Crippen LogP contribution in [-0.2, 0) is 6.54 Å². The minimum absolute atomic E-state index is 0.160. The maximum absolute atomic E-state index is 4.08. The van der Waals surface area contributed by atoms with Gasteiger partial charge in [-0.15, -0.1) is 0 Å². The van der Waals surface area contributed by atoms with E-state index in [4.69, 9.17) is 0 Å². The molecule has 2 N–H and O–H groups in total. The van der Waals surface area contributed by atoms with Crippen LogP contribution in [0.5, 0.6) is 0 Å². The van der Waals surface area contributed by atoms with Gasteiger partial charge in [0.2, 0.25) is 0 Å². The number of hydrogen-bond acceptors (Lipinski definition) is 4. The van der Waals surface area contributed by atoms with Crippen LogP contribution in [0, 0.1) is 0 Å². The number of nitrogens with zero attached hydrogens (tertiary/aromatic N) is 3. The van der Waals surface area contributed by atoms with E-state index in [0.717, 1.165) is 17.9 Å². The molecule has 78 valence electrons. The summed E-state index contributed by atoms with van der Waals surface area (Å²) in [6.45, 7) is 2.81. The van der Waals surface area contributed by atoms with Crippen LogP contribution >= 0.6 is 0 Å². The molecule has 0 aliphatic rings. The molecule has 0 amide bonds. The van der Waals surface area contributed by atoms with Crippen LogP contribution in [-0.4, -0.2) is 20.2 Å². The van der Waals surface area contributed by atoms with Crippen molar-refractivity contribution in [3.8, 4) is 0 Å². The molecule has 5 nitrogen and oxygen atoms in total. The topological polar surface area (TPSA) is 66.5 Å². The standard InChI is InChI=1S/C10H13N5/c1-8(10-13-7-14-15-10)12-6-9-3-2-4-11-5-9/h2-5,7-8,12H,6H2,1H3,(H,13,14,15). The zero-order valence-electron chi connectivity index (χ0n) is 8.51. The van der Waals surface area contributed by atoms with E-state index < -0.39 is 0 Å². The molecule has 1 atom stereocenters. The molecule has 2 aromatic rings. The highest BCUT2D eigenvalue weighted by molar-refractivity contribution is 5.08. The Morgan fingerprint density at radius 2 is 2.47 bits per heavy atom. The Morgan fingerprint density at radius 3 is 3.13 bits per heavy atom. The average Bonchev–Trinajstić information content (AvgIpc) is 2.81. The third-order valence-electron chi connectivity index (χ3n) is 2.18. The molecule has 2 rings (SSSR count). The summed E-state index contributed by atoms with van der Waals surface area (Å²) in [6.07, 6.45) is 5.13. The van der Waals surface area contributed by atoms with Gasteiger partial charge in [-0.1, -0.05) is 6.07 Å². The molecular formula is C10H13N5. The molecule has 0 saturated heterocycles. The molecule has 5 heteroatoms. The fourth-order valence-electron chi connectivity index (χ4n) is 1.29. The van der Waals surface area contributed by atoms with Gasteiger partial charge in [-0.2, -0.15) is 5.10 Å². The van der Waals surface area contributed by atoms with Gasteiger partial charge in [-0.3, -0.25) is 10.1 Å². The third kappa shape index (κ3) is 2.60. The predicted molar refractivity (Wildman–Crippen MR) is 55.9 cm³/mol. The van der Waals surface area contributed by atoms with Crippen LogP contribution < -0.4 is 5.32 Å². The van der Waals surface area contributed by atoms with E-state index in [0.29, 0.717) is 0 Å². The molecule has 2 heterocycles. The largest absolute Gasteiger partial charge is 0.303 e. The van der Waals surface area contributed by atoms with Crippen molar-refractivity contribution in [3.05, 3.63) is 42.2 Å². The maximum Gasteiger partial charge on any atom is 0.141 e. The van der Waals surface area contributed by atoms with Crippen molar-refractivity contribution in [2.75, 3.05) is 0 Å². The second-order valence-corrected chi connectivity index (χ2v) is 3.33. The van der Waals surface area contributed by atoms with Crippen LogP contribution in [0.3, 0.4) is 0 Å². The smallest absolute Gasteiger partial charge is 0.141 e. The summed E-state index contributed by atoms with van der Waals surface area (Å²) in [6, 6.07) is 4.12. The van der Waals surface area contributed by atoms with E-state index in [2.05, 4.69) is 25.5 Å². The number of aromatic nitrogens is 4. The van der Waals surface area contributed by atoms with Gasteiger partial charge in [0.1, 0.15) is 12.2 Å². The first-order valence-electron chi connectivity index (χ1n) is 4.84. The van der Waals surface area contributed by atoms with E-state index in [1.807, 2.05) is 25.3 Å². The number of rotatable bonds is 4. The molecule has 0 fully saturated rings. The molecule has 0 saturated carbocycles. The lowest BCUT2D eigenvalue weighted by Gasteiger charge is -2.10. The lowest BCUT2D eigenvalue weighted by Crippen LogP contribution is -2.19. The first-order chi connectivity index (χ1) is 7.36. The second-order valence-electron chi connectivity index (χ2n) is 3.33. The highest BCUT2D eigenvalue weighted by Gasteiger charge is 2.06. The van der Waals surface area contributed by atoms with E-state index in [1.54, 1.807) is 6.20 Å². The van der Waals surface area contributed by atoms with E-state index in [9.17, 15) is 0 Å². The van der Waals surface area contributed by atoms with Crippen LogP contribution in [0.15, 0.2) is 30.9 Å². The van der Waals surface area contributed by atoms with Gasteiger partial charge in [0.15, 0.2) is 0 Å². The fourth-order valence-corrected chi connectivity index (χ4v) is 1.29. The third-order valence-corrected chi connectivity index (χ3v) is 2.18. The van der Waals surface area contributed by atoms with E-state index >= 15 is 0 Å². The Kier molecular flexibility index (Phi) is 3.04. The van der Waals surface area contributed by atoms with Crippen molar-refractivity contribution >= 4 is 0 Å². The van der Waals surface area contributed by atoms with Gasteiger partial charge in [0, 0.05) is 18.9 Å². The van der Waals surface area contributed by atoms with Crippen LogP contribution in [0.2, 0.25) is 0 Å². The van der Waals surface area contributed by atoms with Gasteiger partial charge in [0.25, 0.3) is 0 Å². The number of pyridine rings is 1. The lowest BCUT2D eigenvalue weighted by atomic mass is 10.2. The molecule has 0 radical (unpaired) electrons. The first-order valence-corrected chi connectivity index (χ1v) is 4.84. The lowest BCUT2D eigenvalue weighted by molar-refractivity contribution is 0.547. The van der Waals surface area contributed by atoms with Gasteiger partial charge in [-0.05, 0) is 18.6 Å². The Bertz CT molecular complexity index is 383. The normalized spacial score (nSPS) is 12.6. The summed E-state index contributed by atoms with van der Waals surface area (Å²) in [5, 5.41) is 9.97. The molecule has 15 heavy (non-hydrogen) atoms. The molecule has 2 aromatic heterocycles. The minimum atomic E-state index is 0.160. The first kappa shape index (κ1) is 9.79. The summed E-state index contributed by atoms with van der Waals surface area (Å²) >= 11 is 0. The summed E-state index contributed by atoms with van der Waals surface area (Å²) < 4.78 is 0. The Balaban J connectivity index is 1.89. The predicted octanol–water partition coefficient (Wildman–Crippen LogP) is 1.05. The van der Waals surface area contributed by atoms with Gasteiger partial charge < -0.3 is 5.32 Å². The Morgan fingerprint density at radius 1 is 1.53 bits per heavy atom. The van der Waals surface area contributed by atoms with Crippen molar-refractivity contribution < 1.29 is 0 Å². The number of aromatic amines is 1. The zero-order valence-corrected chi connectivity index (χ0v) is 8.51. The number of hydrogen-bond donors (Lipinski definition) is 2. The van der Waals surface area contributed by atoms with Crippen molar-refractivity contribution in [1.29, 1.82) is 0 Å². The quantitative estimate of drug-likeness (QED) is 0.779. The van der Waals surface area contributed by atoms with Crippen molar-refractivity contribution in [2.24, 2.45) is 0 Å². The number of H-pyrrole nitrogens is 1. The molecular weight excluding hydrogens is 190 g/mol. The number of nitrogens with one attached hydrogen (secondary N) is 2. The molecule has 1 unspecified atom stereocenters. The fraction of sp³-hybridized carbons (Fsp3) is 0.300.